The van der Waals surface area contributed by atoms with E-state index in [1.807, 2.05) is 0 Å². The third-order valence-electron chi connectivity index (χ3n) is 6.90. The molecule has 2 heterocycles. The van der Waals surface area contributed by atoms with Crippen molar-refractivity contribution >= 4 is 5.69 Å². The van der Waals surface area contributed by atoms with E-state index in [1.54, 1.807) is 0 Å². The normalized spacial score (nSPS) is 16.4. The smallest absolute Gasteiger partial charge is 0.232 e. The van der Waals surface area contributed by atoms with Gasteiger partial charge in [0.1, 0.15) is 5.70 Å². The summed E-state index contributed by atoms with van der Waals surface area (Å²) in [5.74, 6) is 0. The van der Waals surface area contributed by atoms with Crippen molar-refractivity contribution in [1.29, 1.82) is 0 Å². The molecule has 0 bridgehead atoms. The maximum atomic E-state index is 5.30. The second-order valence-corrected chi connectivity index (χ2v) is 10.7. The lowest BCUT2D eigenvalue weighted by Gasteiger charge is -2.31. The highest BCUT2D eigenvalue weighted by atomic mass is 15.3. The Morgan fingerprint density at radius 1 is 0.853 bits per heavy atom. The Balaban J connectivity index is 1.86. The van der Waals surface area contributed by atoms with Crippen LogP contribution in [0.3, 0.4) is 0 Å². The molecule has 34 heavy (non-hydrogen) atoms. The summed E-state index contributed by atoms with van der Waals surface area (Å²) in [4.78, 5) is 5.30. The van der Waals surface area contributed by atoms with Crippen molar-refractivity contribution in [2.45, 2.75) is 72.3 Å². The molecule has 4 rings (SSSR count). The molecule has 1 aliphatic rings. The number of pyridine rings is 1. The van der Waals surface area contributed by atoms with Crippen molar-refractivity contribution < 1.29 is 4.70 Å². The highest BCUT2D eigenvalue weighted by Gasteiger charge is 2.42. The molecule has 0 saturated carbocycles. The molecule has 1 atom stereocenters. The fourth-order valence-electron chi connectivity index (χ4n) is 5.08. The Labute approximate surface area is 205 Å². The van der Waals surface area contributed by atoms with Crippen LogP contribution >= 0.6 is 0 Å². The van der Waals surface area contributed by atoms with Gasteiger partial charge in [-0.25, -0.2) is 0 Å². The molecule has 2 aromatic carbocycles. The van der Waals surface area contributed by atoms with Crippen LogP contribution in [0, 0.1) is 5.41 Å². The molecule has 0 saturated heterocycles. The highest BCUT2D eigenvalue weighted by Crippen LogP contribution is 2.43. The Kier molecular flexibility index (Phi) is 6.84. The Hall–Kier alpha value is -3.07. The van der Waals surface area contributed by atoms with Gasteiger partial charge in [-0.15, -0.1) is 0 Å². The van der Waals surface area contributed by atoms with E-state index in [1.165, 1.54) is 5.56 Å². The molecule has 1 aliphatic heterocycles. The summed E-state index contributed by atoms with van der Waals surface area (Å²) in [6.45, 7) is 13.7. The van der Waals surface area contributed by atoms with Crippen LogP contribution in [0.25, 0.3) is 11.3 Å². The summed E-state index contributed by atoms with van der Waals surface area (Å²) in [5.41, 5.74) is 6.92. The lowest BCUT2D eigenvalue weighted by Crippen LogP contribution is -2.28. The van der Waals surface area contributed by atoms with Crippen molar-refractivity contribution in [1.82, 2.24) is 4.98 Å². The van der Waals surface area contributed by atoms with E-state index >= 15 is 0 Å². The highest BCUT2D eigenvalue weighted by molar-refractivity contribution is 5.60. The standard InChI is InChI=1S/C31H38N3/c1-7-31(8-2,29-19-23(3)34(33-29)26-17-13-10-14-18-26)28-21-24(22-30(4,5)6)20-27(32-28)25-15-11-9-12-16-25/h9-21,23H,7-8,22H2,1-6H3/q+1. The van der Waals surface area contributed by atoms with Gasteiger partial charge in [0.15, 0.2) is 0 Å². The van der Waals surface area contributed by atoms with Gasteiger partial charge in [0.2, 0.25) is 11.7 Å². The Morgan fingerprint density at radius 3 is 2.06 bits per heavy atom. The third kappa shape index (κ3) is 4.89. The van der Waals surface area contributed by atoms with E-state index in [-0.39, 0.29) is 16.9 Å². The van der Waals surface area contributed by atoms with Gasteiger partial charge in [-0.05, 0) is 47.5 Å². The van der Waals surface area contributed by atoms with Crippen LogP contribution in [0.4, 0.5) is 5.69 Å². The van der Waals surface area contributed by atoms with E-state index < -0.39 is 0 Å². The third-order valence-corrected chi connectivity index (χ3v) is 6.90. The van der Waals surface area contributed by atoms with Crippen LogP contribution in [0.2, 0.25) is 0 Å². The number of allylic oxidation sites excluding steroid dienone is 1. The van der Waals surface area contributed by atoms with Gasteiger partial charge < -0.3 is 0 Å². The monoisotopic (exact) mass is 452 g/mol. The molecule has 0 spiro atoms. The van der Waals surface area contributed by atoms with E-state index in [0.717, 1.165) is 47.6 Å². The lowest BCUT2D eigenvalue weighted by molar-refractivity contribution is -0.527. The molecule has 0 fully saturated rings. The SMILES string of the molecule is CCC(CC)(C1=CC(C)[N+](c2ccccc2)=N1)c1cc(CC(C)(C)C)cc(-c2ccccc2)n1. The van der Waals surface area contributed by atoms with Crippen molar-refractivity contribution in [2.75, 3.05) is 0 Å². The van der Waals surface area contributed by atoms with Crippen LogP contribution in [-0.2, 0) is 11.8 Å². The van der Waals surface area contributed by atoms with E-state index in [4.69, 9.17) is 10.1 Å². The molecular formula is C31H38N3+. The maximum Gasteiger partial charge on any atom is 0.232 e. The number of benzene rings is 2. The average Bonchev–Trinajstić information content (AvgIpc) is 3.22. The number of aromatic nitrogens is 1. The first-order chi connectivity index (χ1) is 16.3. The van der Waals surface area contributed by atoms with Gasteiger partial charge in [-0.3, -0.25) is 4.98 Å². The van der Waals surface area contributed by atoms with Gasteiger partial charge in [0, 0.05) is 30.7 Å². The topological polar surface area (TPSA) is 28.3 Å². The molecule has 3 heteroatoms. The van der Waals surface area contributed by atoms with E-state index in [9.17, 15) is 0 Å². The number of para-hydroxylation sites is 1. The summed E-state index contributed by atoms with van der Waals surface area (Å²) < 4.78 is 2.15. The zero-order valence-electron chi connectivity index (χ0n) is 21.5. The zero-order valence-corrected chi connectivity index (χ0v) is 21.5. The first-order valence-corrected chi connectivity index (χ1v) is 12.6. The Morgan fingerprint density at radius 2 is 1.47 bits per heavy atom. The minimum absolute atomic E-state index is 0.198. The lowest BCUT2D eigenvalue weighted by atomic mass is 9.74. The van der Waals surface area contributed by atoms with Crippen molar-refractivity contribution in [3.05, 3.63) is 95.8 Å². The van der Waals surface area contributed by atoms with Crippen molar-refractivity contribution in [3.63, 3.8) is 0 Å². The molecular weight excluding hydrogens is 414 g/mol. The van der Waals surface area contributed by atoms with Crippen molar-refractivity contribution in [3.8, 4) is 11.3 Å². The van der Waals surface area contributed by atoms with Gasteiger partial charge in [-0.1, -0.05) is 87.8 Å². The molecule has 3 aromatic rings. The van der Waals surface area contributed by atoms with E-state index in [0.29, 0.717) is 0 Å². The van der Waals surface area contributed by atoms with Crippen LogP contribution in [-0.4, -0.2) is 15.7 Å². The zero-order chi connectivity index (χ0) is 24.3. The first-order valence-electron chi connectivity index (χ1n) is 12.6. The fraction of sp³-hybridized carbons (Fsp3) is 0.387. The van der Waals surface area contributed by atoms with Crippen LogP contribution in [0.1, 0.15) is 65.6 Å². The number of hydrogen-bond donors (Lipinski definition) is 0. The molecule has 176 valence electrons. The number of hydrogen-bond acceptors (Lipinski definition) is 2. The average molecular weight is 453 g/mol. The largest absolute Gasteiger partial charge is 0.252 e. The molecule has 1 unspecified atom stereocenters. The second kappa shape index (κ2) is 9.66. The van der Waals surface area contributed by atoms with Gasteiger partial charge in [-0.2, -0.15) is 0 Å². The summed E-state index contributed by atoms with van der Waals surface area (Å²) in [6.07, 6.45) is 5.25. The molecule has 3 nitrogen and oxygen atoms in total. The molecule has 1 aromatic heterocycles. The summed E-state index contributed by atoms with van der Waals surface area (Å²) in [5, 5.41) is 5.19. The summed E-state index contributed by atoms with van der Waals surface area (Å²) in [6, 6.07) is 25.9. The molecule has 0 aliphatic carbocycles. The summed E-state index contributed by atoms with van der Waals surface area (Å²) in [7, 11) is 0. The maximum absolute atomic E-state index is 5.30. The first kappa shape index (κ1) is 24.1. The van der Waals surface area contributed by atoms with Crippen LogP contribution in [0.5, 0.6) is 0 Å². The van der Waals surface area contributed by atoms with Crippen LogP contribution in [0.15, 0.2) is 89.7 Å². The van der Waals surface area contributed by atoms with Gasteiger partial charge >= 0.3 is 0 Å². The quantitative estimate of drug-likeness (QED) is 0.330. The van der Waals surface area contributed by atoms with Gasteiger partial charge in [0.05, 0.1) is 16.8 Å². The summed E-state index contributed by atoms with van der Waals surface area (Å²) >= 11 is 0. The molecule has 0 radical (unpaired) electrons. The van der Waals surface area contributed by atoms with Gasteiger partial charge in [0.25, 0.3) is 0 Å². The number of rotatable bonds is 7. The molecule has 0 N–H and O–H groups in total. The second-order valence-electron chi connectivity index (χ2n) is 10.7. The molecule has 0 amide bonds. The van der Waals surface area contributed by atoms with E-state index in [2.05, 4.69) is 125 Å². The van der Waals surface area contributed by atoms with Crippen molar-refractivity contribution in [2.24, 2.45) is 10.5 Å². The number of azo groups is 2. The Bertz CT molecular complexity index is 1180. The predicted molar refractivity (Wildman–Crippen MR) is 141 cm³/mol. The predicted octanol–water partition coefficient (Wildman–Crippen LogP) is 8.48. The minimum Gasteiger partial charge on any atom is -0.252 e. The fourth-order valence-corrected chi connectivity index (χ4v) is 5.08. The van der Waals surface area contributed by atoms with Crippen LogP contribution < -0.4 is 0 Å². The minimum atomic E-state index is -0.227. The number of nitrogens with zero attached hydrogens (tertiary/aromatic N) is 3.